The third-order valence-electron chi connectivity index (χ3n) is 8.38. The number of aromatic nitrogens is 1. The lowest BCUT2D eigenvalue weighted by atomic mass is 9.93. The van der Waals surface area contributed by atoms with Gasteiger partial charge >= 0.3 is 11.9 Å². The van der Waals surface area contributed by atoms with Crippen LogP contribution in [-0.2, 0) is 30.3 Å². The SMILES string of the molecule is CCC(C)[C@H](NC(=O)CN(C)C)C(=O)N(C)[C@H](CC(OC(C)=O)c1nc(C(=O)N[C@@H](Cc2ccccc2)C[C@H](C)C(=O)O)cs1)C(C)C. The number of hydrogen-bond donors (Lipinski definition) is 3. The highest BCUT2D eigenvalue weighted by Gasteiger charge is 2.35. The molecule has 48 heavy (non-hydrogen) atoms. The number of carbonyl (C=O) groups excluding carboxylic acids is 4. The Morgan fingerprint density at radius 1 is 0.979 bits per heavy atom. The van der Waals surface area contributed by atoms with E-state index in [0.717, 1.165) is 5.56 Å². The second-order valence-corrected chi connectivity index (χ2v) is 14.1. The van der Waals surface area contributed by atoms with Crippen LogP contribution in [0.25, 0.3) is 0 Å². The minimum Gasteiger partial charge on any atom is -0.481 e. The second kappa shape index (κ2) is 19.2. The molecule has 0 spiro atoms. The number of thiazole rings is 1. The van der Waals surface area contributed by atoms with Gasteiger partial charge in [0, 0.05) is 37.9 Å². The predicted octanol–water partition coefficient (Wildman–Crippen LogP) is 4.16. The fourth-order valence-corrected chi connectivity index (χ4v) is 6.33. The summed E-state index contributed by atoms with van der Waals surface area (Å²) in [4.78, 5) is 71.7. The van der Waals surface area contributed by atoms with Crippen LogP contribution in [0.3, 0.4) is 0 Å². The number of carboxylic acids is 1. The van der Waals surface area contributed by atoms with Gasteiger partial charge in [0.25, 0.3) is 5.91 Å². The zero-order chi connectivity index (χ0) is 36.1. The van der Waals surface area contributed by atoms with Gasteiger partial charge in [-0.25, -0.2) is 4.98 Å². The Labute approximate surface area is 288 Å². The molecule has 0 aliphatic rings. The number of benzene rings is 1. The average molecular weight is 688 g/mol. The number of nitrogens with one attached hydrogen (secondary N) is 2. The van der Waals surface area contributed by atoms with E-state index in [2.05, 4.69) is 15.6 Å². The molecule has 0 aliphatic heterocycles. The van der Waals surface area contributed by atoms with Gasteiger partial charge in [-0.2, -0.15) is 0 Å². The first-order chi connectivity index (χ1) is 22.5. The predicted molar refractivity (Wildman–Crippen MR) is 185 cm³/mol. The van der Waals surface area contributed by atoms with Crippen molar-refractivity contribution in [2.24, 2.45) is 17.8 Å². The van der Waals surface area contributed by atoms with Crippen LogP contribution in [0.5, 0.6) is 0 Å². The number of ether oxygens (including phenoxy) is 1. The van der Waals surface area contributed by atoms with Crippen molar-refractivity contribution in [3.05, 3.63) is 52.0 Å². The number of carboxylic acid groups (broad SMARTS) is 1. The molecule has 3 N–H and O–H groups in total. The van der Waals surface area contributed by atoms with Gasteiger partial charge < -0.3 is 30.3 Å². The molecule has 0 saturated heterocycles. The lowest BCUT2D eigenvalue weighted by Gasteiger charge is -2.37. The van der Waals surface area contributed by atoms with Crippen molar-refractivity contribution in [1.29, 1.82) is 0 Å². The molecule has 13 heteroatoms. The van der Waals surface area contributed by atoms with E-state index in [-0.39, 0.29) is 48.7 Å². The van der Waals surface area contributed by atoms with Crippen LogP contribution in [0.15, 0.2) is 35.7 Å². The summed E-state index contributed by atoms with van der Waals surface area (Å²) in [6, 6.07) is 7.92. The molecule has 2 aromatic rings. The van der Waals surface area contributed by atoms with E-state index < -0.39 is 48.0 Å². The summed E-state index contributed by atoms with van der Waals surface area (Å²) in [7, 11) is 5.26. The highest BCUT2D eigenvalue weighted by molar-refractivity contribution is 7.09. The lowest BCUT2D eigenvalue weighted by Crippen LogP contribution is -2.55. The van der Waals surface area contributed by atoms with E-state index >= 15 is 0 Å². The normalized spacial score (nSPS) is 15.1. The summed E-state index contributed by atoms with van der Waals surface area (Å²) in [6.07, 6.45) is 0.738. The highest BCUT2D eigenvalue weighted by Crippen LogP contribution is 2.31. The third kappa shape index (κ3) is 12.6. The molecule has 0 radical (unpaired) electrons. The van der Waals surface area contributed by atoms with Gasteiger partial charge in [-0.1, -0.05) is 71.4 Å². The lowest BCUT2D eigenvalue weighted by molar-refractivity contribution is -0.149. The van der Waals surface area contributed by atoms with Crippen molar-refractivity contribution in [3.8, 4) is 0 Å². The standard InChI is InChI=1S/C35H53N5O7S/c1-10-22(4)31(38-30(42)19-39(7)8)34(44)40(9)28(21(2)3)18-29(47-24(6)41)33-37-27(20-48-33)32(43)36-26(16-23(5)35(45)46)17-25-14-12-11-13-15-25/h11-15,20-23,26,28-29,31H,10,16-19H2,1-9H3,(H,36,43)(H,38,42)(H,45,46)/t22?,23-,26+,28+,29?,31-/m0/s1. The molecule has 0 bridgehead atoms. The molecule has 3 amide bonds. The maximum Gasteiger partial charge on any atom is 0.306 e. The Bertz CT molecular complexity index is 1370. The Balaban J connectivity index is 2.31. The second-order valence-electron chi connectivity index (χ2n) is 13.2. The molecule has 1 aromatic heterocycles. The topological polar surface area (TPSA) is 158 Å². The highest BCUT2D eigenvalue weighted by atomic mass is 32.1. The van der Waals surface area contributed by atoms with Gasteiger partial charge in [0.15, 0.2) is 6.10 Å². The number of carbonyl (C=O) groups is 5. The van der Waals surface area contributed by atoms with Crippen molar-refractivity contribution >= 4 is 41.0 Å². The zero-order valence-corrected chi connectivity index (χ0v) is 30.5. The van der Waals surface area contributed by atoms with Gasteiger partial charge in [-0.3, -0.25) is 24.0 Å². The maximum atomic E-state index is 13.9. The van der Waals surface area contributed by atoms with E-state index in [1.807, 2.05) is 58.0 Å². The summed E-state index contributed by atoms with van der Waals surface area (Å²) in [5.74, 6) is -3.27. The van der Waals surface area contributed by atoms with Gasteiger partial charge in [-0.05, 0) is 44.3 Å². The number of likely N-dealkylation sites (N-methyl/N-ethyl adjacent to an activating group) is 2. The summed E-state index contributed by atoms with van der Waals surface area (Å²) in [6.45, 7) is 10.9. The first-order valence-electron chi connectivity index (χ1n) is 16.4. The molecular weight excluding hydrogens is 634 g/mol. The molecule has 0 aliphatic carbocycles. The monoisotopic (exact) mass is 687 g/mol. The quantitative estimate of drug-likeness (QED) is 0.185. The summed E-state index contributed by atoms with van der Waals surface area (Å²) >= 11 is 1.17. The number of rotatable bonds is 19. The van der Waals surface area contributed by atoms with E-state index in [1.165, 1.54) is 18.3 Å². The minimum atomic E-state index is -0.947. The number of nitrogens with zero attached hydrogens (tertiary/aromatic N) is 3. The molecule has 2 unspecified atom stereocenters. The van der Waals surface area contributed by atoms with Gasteiger partial charge in [0.2, 0.25) is 11.8 Å². The molecular formula is C35H53N5O7S. The number of hydrogen-bond acceptors (Lipinski definition) is 9. The van der Waals surface area contributed by atoms with E-state index in [0.29, 0.717) is 17.8 Å². The molecule has 266 valence electrons. The molecule has 6 atom stereocenters. The van der Waals surface area contributed by atoms with Gasteiger partial charge in [0.1, 0.15) is 16.7 Å². The van der Waals surface area contributed by atoms with E-state index in [4.69, 9.17) is 4.74 Å². The average Bonchev–Trinajstić information content (AvgIpc) is 3.51. The third-order valence-corrected chi connectivity index (χ3v) is 9.32. The van der Waals surface area contributed by atoms with Crippen LogP contribution < -0.4 is 10.6 Å². The van der Waals surface area contributed by atoms with Crippen molar-refractivity contribution in [2.45, 2.75) is 91.5 Å². The number of esters is 1. The van der Waals surface area contributed by atoms with Crippen LogP contribution in [0.4, 0.5) is 0 Å². The van der Waals surface area contributed by atoms with E-state index in [9.17, 15) is 29.1 Å². The minimum absolute atomic E-state index is 0.0511. The molecule has 0 fully saturated rings. The van der Waals surface area contributed by atoms with Gasteiger partial charge in [-0.15, -0.1) is 11.3 Å². The Kier molecular flexibility index (Phi) is 16.2. The zero-order valence-electron chi connectivity index (χ0n) is 29.7. The number of amides is 3. The Morgan fingerprint density at radius 3 is 2.17 bits per heavy atom. The maximum absolute atomic E-state index is 13.9. The molecule has 1 heterocycles. The van der Waals surface area contributed by atoms with Crippen molar-refractivity contribution in [3.63, 3.8) is 0 Å². The van der Waals surface area contributed by atoms with Crippen LogP contribution in [0.2, 0.25) is 0 Å². The summed E-state index contributed by atoms with van der Waals surface area (Å²) < 4.78 is 5.72. The van der Waals surface area contributed by atoms with Crippen LogP contribution in [0, 0.1) is 17.8 Å². The Morgan fingerprint density at radius 2 is 1.62 bits per heavy atom. The van der Waals surface area contributed by atoms with Crippen molar-refractivity contribution < 1.29 is 33.8 Å². The van der Waals surface area contributed by atoms with Gasteiger partial charge in [0.05, 0.1) is 12.5 Å². The fraction of sp³-hybridized carbons (Fsp3) is 0.600. The molecule has 2 rings (SSSR count). The molecule has 1 aromatic carbocycles. The van der Waals surface area contributed by atoms with E-state index in [1.54, 1.807) is 43.2 Å². The van der Waals surface area contributed by atoms with Crippen molar-refractivity contribution in [2.75, 3.05) is 27.7 Å². The summed E-state index contributed by atoms with van der Waals surface area (Å²) in [5, 5.41) is 17.3. The Hall–Kier alpha value is -3.84. The fourth-order valence-electron chi connectivity index (χ4n) is 5.49. The molecule has 12 nitrogen and oxygen atoms in total. The number of aliphatic carboxylic acids is 1. The molecule has 0 saturated carbocycles. The van der Waals surface area contributed by atoms with Crippen molar-refractivity contribution in [1.82, 2.24) is 25.4 Å². The largest absolute Gasteiger partial charge is 0.481 e. The van der Waals surface area contributed by atoms with Crippen LogP contribution >= 0.6 is 11.3 Å². The first kappa shape index (κ1) is 40.3. The summed E-state index contributed by atoms with van der Waals surface area (Å²) in [5.41, 5.74) is 1.08. The first-order valence-corrected chi connectivity index (χ1v) is 17.3. The smallest absolute Gasteiger partial charge is 0.306 e. The van der Waals surface area contributed by atoms with Crippen LogP contribution in [-0.4, -0.2) is 95.4 Å². The van der Waals surface area contributed by atoms with Crippen LogP contribution in [0.1, 0.15) is 88.0 Å².